The van der Waals surface area contributed by atoms with Crippen LogP contribution in [-0.2, 0) is 0 Å². The molecule has 1 aromatic carbocycles. The van der Waals surface area contributed by atoms with Crippen molar-refractivity contribution in [3.05, 3.63) is 28.5 Å². The number of nitrogens with zero attached hydrogens (tertiary/aromatic N) is 2. The maximum atomic E-state index is 4.74. The number of halogens is 1. The summed E-state index contributed by atoms with van der Waals surface area (Å²) in [5, 5.41) is 4.66. The molecule has 3 nitrogen and oxygen atoms in total. The van der Waals surface area contributed by atoms with Gasteiger partial charge in [0.05, 0.1) is 5.52 Å². The zero-order valence-corrected chi connectivity index (χ0v) is 11.6. The van der Waals surface area contributed by atoms with Gasteiger partial charge >= 0.3 is 0 Å². The predicted molar refractivity (Wildman–Crippen MR) is 75.9 cm³/mol. The van der Waals surface area contributed by atoms with Crippen LogP contribution in [-0.4, -0.2) is 16.0 Å². The Kier molecular flexibility index (Phi) is 2.34. The number of benzene rings is 1. The molecule has 18 heavy (non-hydrogen) atoms. The number of nitrogens with one attached hydrogen (secondary N) is 1. The SMILES string of the molecule is Brc1ccc2nc(C3CC3)nc(NC3CC3)c2c1. The van der Waals surface area contributed by atoms with E-state index in [1.165, 1.54) is 25.7 Å². The molecule has 1 N–H and O–H groups in total. The second-order valence-electron chi connectivity index (χ2n) is 5.28. The van der Waals surface area contributed by atoms with Crippen LogP contribution >= 0.6 is 15.9 Å². The number of fused-ring (bicyclic) bond motifs is 1. The maximum Gasteiger partial charge on any atom is 0.137 e. The minimum atomic E-state index is 0.595. The van der Waals surface area contributed by atoms with Gasteiger partial charge in [-0.15, -0.1) is 0 Å². The molecule has 4 rings (SSSR count). The smallest absolute Gasteiger partial charge is 0.137 e. The molecule has 92 valence electrons. The van der Waals surface area contributed by atoms with E-state index >= 15 is 0 Å². The van der Waals surface area contributed by atoms with E-state index in [0.29, 0.717) is 12.0 Å². The number of rotatable bonds is 3. The van der Waals surface area contributed by atoms with Gasteiger partial charge in [0.1, 0.15) is 11.6 Å². The third kappa shape index (κ3) is 1.99. The molecule has 0 amide bonds. The topological polar surface area (TPSA) is 37.8 Å². The lowest BCUT2D eigenvalue weighted by Crippen LogP contribution is -2.06. The van der Waals surface area contributed by atoms with Crippen molar-refractivity contribution >= 4 is 32.7 Å². The molecule has 2 saturated carbocycles. The Labute approximate surface area is 114 Å². The first-order valence-corrected chi connectivity index (χ1v) is 7.32. The molecule has 4 heteroatoms. The molecule has 2 fully saturated rings. The van der Waals surface area contributed by atoms with E-state index in [1.54, 1.807) is 0 Å². The first kappa shape index (κ1) is 10.7. The molecule has 0 spiro atoms. The van der Waals surface area contributed by atoms with E-state index in [1.807, 2.05) is 6.07 Å². The van der Waals surface area contributed by atoms with E-state index in [0.717, 1.165) is 27.0 Å². The van der Waals surface area contributed by atoms with Gasteiger partial charge in [-0.2, -0.15) is 0 Å². The Morgan fingerprint density at radius 1 is 1.11 bits per heavy atom. The first-order valence-electron chi connectivity index (χ1n) is 6.53. The van der Waals surface area contributed by atoms with E-state index in [2.05, 4.69) is 33.4 Å². The largest absolute Gasteiger partial charge is 0.367 e. The summed E-state index contributed by atoms with van der Waals surface area (Å²) in [5.74, 6) is 2.64. The van der Waals surface area contributed by atoms with Gasteiger partial charge in [-0.05, 0) is 43.9 Å². The van der Waals surface area contributed by atoms with Gasteiger partial charge in [0.15, 0.2) is 0 Å². The standard InChI is InChI=1S/C14H14BrN3/c15-9-3-6-12-11(7-9)14(16-10-4-5-10)18-13(17-12)8-1-2-8/h3,6-8,10H,1-2,4-5H2,(H,16,17,18). The van der Waals surface area contributed by atoms with Crippen molar-refractivity contribution in [3.8, 4) is 0 Å². The van der Waals surface area contributed by atoms with Gasteiger partial charge < -0.3 is 5.32 Å². The van der Waals surface area contributed by atoms with E-state index < -0.39 is 0 Å². The molecule has 0 radical (unpaired) electrons. The third-order valence-corrected chi connectivity index (χ3v) is 4.03. The summed E-state index contributed by atoms with van der Waals surface area (Å²) in [6.45, 7) is 0. The van der Waals surface area contributed by atoms with Crippen molar-refractivity contribution in [2.75, 3.05) is 5.32 Å². The molecule has 2 aromatic rings. The van der Waals surface area contributed by atoms with Crippen molar-refractivity contribution in [1.29, 1.82) is 0 Å². The van der Waals surface area contributed by atoms with Gasteiger partial charge in [0, 0.05) is 21.8 Å². The van der Waals surface area contributed by atoms with Crippen molar-refractivity contribution in [1.82, 2.24) is 9.97 Å². The fourth-order valence-electron chi connectivity index (χ4n) is 2.17. The van der Waals surface area contributed by atoms with Crippen LogP contribution in [0.1, 0.15) is 37.4 Å². The Balaban J connectivity index is 1.88. The van der Waals surface area contributed by atoms with E-state index in [4.69, 9.17) is 9.97 Å². The van der Waals surface area contributed by atoms with Crippen molar-refractivity contribution in [3.63, 3.8) is 0 Å². The fraction of sp³-hybridized carbons (Fsp3) is 0.429. The molecule has 0 bridgehead atoms. The van der Waals surface area contributed by atoms with Gasteiger partial charge in [-0.3, -0.25) is 0 Å². The van der Waals surface area contributed by atoms with Crippen LogP contribution in [0.3, 0.4) is 0 Å². The van der Waals surface area contributed by atoms with Gasteiger partial charge in [-0.25, -0.2) is 9.97 Å². The number of hydrogen-bond acceptors (Lipinski definition) is 3. The summed E-state index contributed by atoms with van der Waals surface area (Å²) < 4.78 is 1.08. The number of aromatic nitrogens is 2. The molecule has 0 atom stereocenters. The summed E-state index contributed by atoms with van der Waals surface area (Å²) in [5.41, 5.74) is 1.05. The highest BCUT2D eigenvalue weighted by Gasteiger charge is 2.29. The monoisotopic (exact) mass is 303 g/mol. The highest BCUT2D eigenvalue weighted by molar-refractivity contribution is 9.10. The lowest BCUT2D eigenvalue weighted by atomic mass is 10.2. The van der Waals surface area contributed by atoms with Gasteiger partial charge in [0.25, 0.3) is 0 Å². The minimum Gasteiger partial charge on any atom is -0.367 e. The van der Waals surface area contributed by atoms with Crippen LogP contribution in [0.15, 0.2) is 22.7 Å². The third-order valence-electron chi connectivity index (χ3n) is 3.54. The Morgan fingerprint density at radius 2 is 1.94 bits per heavy atom. The minimum absolute atomic E-state index is 0.595. The molecule has 0 unspecified atom stereocenters. The van der Waals surface area contributed by atoms with Crippen LogP contribution in [0.4, 0.5) is 5.82 Å². The molecule has 2 aliphatic rings. The molecule has 1 aromatic heterocycles. The molecule has 0 saturated heterocycles. The van der Waals surface area contributed by atoms with Crippen LogP contribution in [0.2, 0.25) is 0 Å². The van der Waals surface area contributed by atoms with Gasteiger partial charge in [0.2, 0.25) is 0 Å². The van der Waals surface area contributed by atoms with E-state index in [-0.39, 0.29) is 0 Å². The zero-order chi connectivity index (χ0) is 12.1. The summed E-state index contributed by atoms with van der Waals surface area (Å²) in [4.78, 5) is 9.44. The predicted octanol–water partition coefficient (Wildman–Crippen LogP) is 3.84. The van der Waals surface area contributed by atoms with Crippen molar-refractivity contribution < 1.29 is 0 Å². The van der Waals surface area contributed by atoms with Crippen molar-refractivity contribution in [2.24, 2.45) is 0 Å². The highest BCUT2D eigenvalue weighted by Crippen LogP contribution is 2.40. The zero-order valence-electron chi connectivity index (χ0n) is 9.99. The quantitative estimate of drug-likeness (QED) is 0.936. The summed E-state index contributed by atoms with van der Waals surface area (Å²) in [6, 6.07) is 6.85. The lowest BCUT2D eigenvalue weighted by Gasteiger charge is -2.10. The maximum absolute atomic E-state index is 4.74. The molecular formula is C14H14BrN3. The molecular weight excluding hydrogens is 290 g/mol. The van der Waals surface area contributed by atoms with Crippen LogP contribution < -0.4 is 5.32 Å². The Bertz CT molecular complexity index is 618. The van der Waals surface area contributed by atoms with Crippen LogP contribution in [0.5, 0.6) is 0 Å². The summed E-state index contributed by atoms with van der Waals surface area (Å²) in [6.07, 6.45) is 5.01. The molecule has 2 aliphatic carbocycles. The van der Waals surface area contributed by atoms with Gasteiger partial charge in [-0.1, -0.05) is 15.9 Å². The first-order chi connectivity index (χ1) is 8.79. The Hall–Kier alpha value is -1.16. The van der Waals surface area contributed by atoms with Crippen LogP contribution in [0, 0.1) is 0 Å². The van der Waals surface area contributed by atoms with Crippen LogP contribution in [0.25, 0.3) is 10.9 Å². The highest BCUT2D eigenvalue weighted by atomic mass is 79.9. The normalized spacial score (nSPS) is 19.2. The second kappa shape index (κ2) is 3.92. The van der Waals surface area contributed by atoms with Crippen molar-refractivity contribution in [2.45, 2.75) is 37.6 Å². The summed E-state index contributed by atoms with van der Waals surface area (Å²) >= 11 is 3.52. The molecule has 1 heterocycles. The Morgan fingerprint density at radius 3 is 2.67 bits per heavy atom. The number of hydrogen-bond donors (Lipinski definition) is 1. The van der Waals surface area contributed by atoms with E-state index in [9.17, 15) is 0 Å². The fourth-order valence-corrected chi connectivity index (χ4v) is 2.53. The molecule has 0 aliphatic heterocycles. The average Bonchev–Trinajstić information content (AvgIpc) is 3.23. The lowest BCUT2D eigenvalue weighted by molar-refractivity contribution is 0.941. The average molecular weight is 304 g/mol. The summed E-state index contributed by atoms with van der Waals surface area (Å²) in [7, 11) is 0. The second-order valence-corrected chi connectivity index (χ2v) is 6.20. The number of anilines is 1.